The molecule has 0 saturated carbocycles. The number of fused-ring (bicyclic) bond motifs is 3. The fraction of sp³-hybridized carbons (Fsp3) is 0.133. The maximum atomic E-state index is 5.62. The minimum atomic E-state index is 0.682. The first kappa shape index (κ1) is 11.1. The summed E-state index contributed by atoms with van der Waals surface area (Å²) in [5.74, 6) is 0. The van der Waals surface area contributed by atoms with Gasteiger partial charge in [-0.2, -0.15) is 5.10 Å². The van der Waals surface area contributed by atoms with Crippen molar-refractivity contribution in [3.8, 4) is 11.1 Å². The van der Waals surface area contributed by atoms with Crippen LogP contribution in [0.15, 0.2) is 35.1 Å². The molecule has 4 heteroatoms. The number of nitrogens with one attached hydrogen (secondary N) is 1. The molecule has 19 heavy (non-hydrogen) atoms. The van der Waals surface area contributed by atoms with Gasteiger partial charge in [0.15, 0.2) is 4.67 Å². The standard InChI is InChI=1S/C15H11BrN2O/c16-14-7-13-15-11(5-6-19-14)9-3-1-2-4-10(9)12(15)8-17-18-13/h1-4,7-8,18H,5-6H2. The van der Waals surface area contributed by atoms with Crippen LogP contribution in [0, 0.1) is 0 Å². The number of aromatic nitrogens is 2. The molecule has 0 fully saturated rings. The van der Waals surface area contributed by atoms with Crippen molar-refractivity contribution >= 4 is 32.8 Å². The molecule has 0 amide bonds. The molecule has 0 bridgehead atoms. The van der Waals surface area contributed by atoms with Gasteiger partial charge in [0.25, 0.3) is 0 Å². The van der Waals surface area contributed by atoms with Crippen molar-refractivity contribution in [2.24, 2.45) is 0 Å². The number of H-pyrrole nitrogens is 1. The highest BCUT2D eigenvalue weighted by Crippen LogP contribution is 2.41. The fourth-order valence-corrected chi connectivity index (χ4v) is 3.24. The van der Waals surface area contributed by atoms with Gasteiger partial charge in [-0.1, -0.05) is 24.3 Å². The summed E-state index contributed by atoms with van der Waals surface area (Å²) in [6, 6.07) is 8.49. The van der Waals surface area contributed by atoms with E-state index >= 15 is 0 Å². The van der Waals surface area contributed by atoms with Gasteiger partial charge >= 0.3 is 0 Å². The lowest BCUT2D eigenvalue weighted by Crippen LogP contribution is -2.02. The lowest BCUT2D eigenvalue weighted by molar-refractivity contribution is 0.247. The zero-order chi connectivity index (χ0) is 12.8. The molecule has 0 radical (unpaired) electrons. The van der Waals surface area contributed by atoms with E-state index in [0.29, 0.717) is 6.61 Å². The summed E-state index contributed by atoms with van der Waals surface area (Å²) < 4.78 is 6.36. The van der Waals surface area contributed by atoms with Crippen molar-refractivity contribution < 1.29 is 4.74 Å². The Labute approximate surface area is 118 Å². The summed E-state index contributed by atoms with van der Waals surface area (Å²) in [4.78, 5) is 0. The Morgan fingerprint density at radius 3 is 2.95 bits per heavy atom. The summed E-state index contributed by atoms with van der Waals surface area (Å²) in [7, 11) is 0. The Kier molecular flexibility index (Phi) is 2.38. The molecule has 0 saturated heterocycles. The number of nitrogens with zero attached hydrogens (tertiary/aromatic N) is 1. The molecule has 0 aromatic heterocycles. The topological polar surface area (TPSA) is 37.9 Å². The minimum absolute atomic E-state index is 0.682. The van der Waals surface area contributed by atoms with Crippen molar-refractivity contribution in [1.82, 2.24) is 10.2 Å². The number of halogens is 1. The maximum absolute atomic E-state index is 5.62. The molecule has 0 atom stereocenters. The first-order valence-electron chi connectivity index (χ1n) is 6.21. The lowest BCUT2D eigenvalue weighted by Gasteiger charge is -2.13. The zero-order valence-corrected chi connectivity index (χ0v) is 11.7. The number of benzene rings is 1. The highest BCUT2D eigenvalue weighted by atomic mass is 79.9. The molecule has 0 spiro atoms. The van der Waals surface area contributed by atoms with Crippen LogP contribution in [-0.4, -0.2) is 16.8 Å². The van der Waals surface area contributed by atoms with E-state index in [1.807, 2.05) is 12.3 Å². The van der Waals surface area contributed by atoms with E-state index in [-0.39, 0.29) is 0 Å². The van der Waals surface area contributed by atoms with Crippen molar-refractivity contribution in [2.75, 3.05) is 6.61 Å². The first-order chi connectivity index (χ1) is 9.34. The van der Waals surface area contributed by atoms with Crippen molar-refractivity contribution in [1.29, 1.82) is 0 Å². The van der Waals surface area contributed by atoms with Crippen LogP contribution in [-0.2, 0) is 11.2 Å². The Morgan fingerprint density at radius 2 is 2.05 bits per heavy atom. The number of ether oxygens (including phenoxy) is 1. The van der Waals surface area contributed by atoms with Crippen LogP contribution in [0.5, 0.6) is 0 Å². The summed E-state index contributed by atoms with van der Waals surface area (Å²) >= 11 is 3.42. The third kappa shape index (κ3) is 1.60. The Bertz CT molecular complexity index is 775. The second-order valence-electron chi connectivity index (χ2n) is 4.64. The van der Waals surface area contributed by atoms with Crippen molar-refractivity contribution in [2.45, 2.75) is 6.42 Å². The normalized spacial score (nSPS) is 14.9. The van der Waals surface area contributed by atoms with Crippen LogP contribution in [0.4, 0.5) is 0 Å². The monoisotopic (exact) mass is 314 g/mol. The van der Waals surface area contributed by atoms with Gasteiger partial charge in [-0.15, -0.1) is 0 Å². The molecule has 4 rings (SSSR count). The molecule has 2 heterocycles. The predicted molar refractivity (Wildman–Crippen MR) is 79.3 cm³/mol. The lowest BCUT2D eigenvalue weighted by atomic mass is 10.0. The smallest absolute Gasteiger partial charge is 0.164 e. The van der Waals surface area contributed by atoms with Crippen LogP contribution in [0.1, 0.15) is 11.3 Å². The third-order valence-electron chi connectivity index (χ3n) is 3.61. The average Bonchev–Trinajstić information content (AvgIpc) is 2.73. The SMILES string of the molecule is BrC1=Cc2[nH]ncc3c4ccccc4c(c2-3)CCO1. The van der Waals surface area contributed by atoms with Crippen molar-refractivity contribution in [3.05, 3.63) is 46.4 Å². The van der Waals surface area contributed by atoms with Gasteiger partial charge in [0.2, 0.25) is 0 Å². The second-order valence-corrected chi connectivity index (χ2v) is 5.42. The Balaban J connectivity index is 2.18. The summed E-state index contributed by atoms with van der Waals surface area (Å²) in [6.07, 6.45) is 4.77. The Hall–Kier alpha value is -1.81. The maximum Gasteiger partial charge on any atom is 0.164 e. The van der Waals surface area contributed by atoms with Crippen LogP contribution in [0.25, 0.3) is 28.0 Å². The molecule has 2 aliphatic heterocycles. The molecule has 0 unspecified atom stereocenters. The predicted octanol–water partition coefficient (Wildman–Crippen LogP) is 3.93. The third-order valence-corrected chi connectivity index (χ3v) is 4.07. The molecular formula is C15H11BrN2O. The van der Waals surface area contributed by atoms with Gasteiger partial charge in [0, 0.05) is 23.6 Å². The molecule has 1 aliphatic carbocycles. The summed E-state index contributed by atoms with van der Waals surface area (Å²) in [5.41, 5.74) is 4.81. The zero-order valence-electron chi connectivity index (χ0n) is 10.1. The van der Waals surface area contributed by atoms with Gasteiger partial charge in [-0.05, 0) is 32.3 Å². The molecule has 3 nitrogen and oxygen atoms in total. The van der Waals surface area contributed by atoms with E-state index in [1.54, 1.807) is 0 Å². The fourth-order valence-electron chi connectivity index (χ4n) is 2.85. The second kappa shape index (κ2) is 4.10. The molecule has 94 valence electrons. The van der Waals surface area contributed by atoms with Crippen LogP contribution < -0.4 is 0 Å². The molecule has 1 aromatic carbocycles. The van der Waals surface area contributed by atoms with E-state index in [4.69, 9.17) is 4.74 Å². The van der Waals surface area contributed by atoms with E-state index < -0.39 is 0 Å². The highest BCUT2D eigenvalue weighted by molar-refractivity contribution is 9.11. The van der Waals surface area contributed by atoms with E-state index in [9.17, 15) is 0 Å². The van der Waals surface area contributed by atoms with E-state index in [2.05, 4.69) is 50.4 Å². The van der Waals surface area contributed by atoms with E-state index in [0.717, 1.165) is 16.8 Å². The molecule has 1 N–H and O–H groups in total. The van der Waals surface area contributed by atoms with Gasteiger partial charge in [-0.3, -0.25) is 5.10 Å². The summed E-state index contributed by atoms with van der Waals surface area (Å²) in [5, 5.41) is 9.88. The summed E-state index contributed by atoms with van der Waals surface area (Å²) in [6.45, 7) is 0.682. The van der Waals surface area contributed by atoms with Crippen LogP contribution in [0.3, 0.4) is 0 Å². The molecule has 1 aromatic rings. The average molecular weight is 315 g/mol. The molecular weight excluding hydrogens is 304 g/mol. The van der Waals surface area contributed by atoms with Gasteiger partial charge < -0.3 is 4.74 Å². The highest BCUT2D eigenvalue weighted by Gasteiger charge is 2.22. The molecule has 3 aliphatic rings. The van der Waals surface area contributed by atoms with E-state index in [1.165, 1.54) is 27.5 Å². The van der Waals surface area contributed by atoms with Crippen LogP contribution in [0.2, 0.25) is 0 Å². The minimum Gasteiger partial charge on any atom is -0.486 e. The van der Waals surface area contributed by atoms with Gasteiger partial charge in [-0.25, -0.2) is 0 Å². The number of aromatic amines is 1. The Morgan fingerprint density at radius 1 is 1.21 bits per heavy atom. The first-order valence-corrected chi connectivity index (χ1v) is 7.00. The number of rotatable bonds is 0. The quantitative estimate of drug-likeness (QED) is 0.682. The largest absolute Gasteiger partial charge is 0.486 e. The van der Waals surface area contributed by atoms with Crippen LogP contribution >= 0.6 is 15.9 Å². The van der Waals surface area contributed by atoms with Crippen molar-refractivity contribution in [3.63, 3.8) is 0 Å². The number of hydrogen-bond acceptors (Lipinski definition) is 2. The number of hydrogen-bond donors (Lipinski definition) is 1. The van der Waals surface area contributed by atoms with Gasteiger partial charge in [0.1, 0.15) is 0 Å². The van der Waals surface area contributed by atoms with Gasteiger partial charge in [0.05, 0.1) is 18.5 Å².